The van der Waals surface area contributed by atoms with Gasteiger partial charge in [-0.05, 0) is 30.3 Å². The molecule has 1 heterocycles. The summed E-state index contributed by atoms with van der Waals surface area (Å²) < 4.78 is 10.5. The summed E-state index contributed by atoms with van der Waals surface area (Å²) in [6.07, 6.45) is 0. The standard InChI is InChI=1S/C20H17NO4/c1-24-17-11-8-14(12-18(17)25-2)19-15(20(22)23)9-10-16(21-19)13-6-4-3-5-7-13/h3-12H,1-2H3,(H,22,23). The zero-order valence-corrected chi connectivity index (χ0v) is 13.9. The number of pyridine rings is 1. The largest absolute Gasteiger partial charge is 0.493 e. The fourth-order valence-electron chi connectivity index (χ4n) is 2.60. The number of carboxylic acids is 1. The summed E-state index contributed by atoms with van der Waals surface area (Å²) in [4.78, 5) is 16.2. The number of benzene rings is 2. The number of methoxy groups -OCH3 is 2. The van der Waals surface area contributed by atoms with Crippen molar-refractivity contribution in [1.29, 1.82) is 0 Å². The van der Waals surface area contributed by atoms with Gasteiger partial charge < -0.3 is 14.6 Å². The molecule has 0 amide bonds. The molecule has 5 nitrogen and oxygen atoms in total. The van der Waals surface area contributed by atoms with Crippen LogP contribution in [0.25, 0.3) is 22.5 Å². The van der Waals surface area contributed by atoms with Crippen LogP contribution in [0.4, 0.5) is 0 Å². The second-order valence-corrected chi connectivity index (χ2v) is 5.33. The summed E-state index contributed by atoms with van der Waals surface area (Å²) in [6.45, 7) is 0. The third-order valence-corrected chi connectivity index (χ3v) is 3.85. The van der Waals surface area contributed by atoms with Gasteiger partial charge in [-0.1, -0.05) is 30.3 Å². The van der Waals surface area contributed by atoms with Gasteiger partial charge in [-0.25, -0.2) is 9.78 Å². The maximum absolute atomic E-state index is 11.6. The van der Waals surface area contributed by atoms with Crippen LogP contribution in [0.1, 0.15) is 10.4 Å². The molecule has 0 fully saturated rings. The number of rotatable bonds is 5. The lowest BCUT2D eigenvalue weighted by Crippen LogP contribution is -2.03. The lowest BCUT2D eigenvalue weighted by molar-refractivity contribution is 0.0697. The number of ether oxygens (including phenoxy) is 2. The van der Waals surface area contributed by atoms with Crippen LogP contribution in [-0.4, -0.2) is 30.3 Å². The Morgan fingerprint density at radius 2 is 1.60 bits per heavy atom. The number of aromatic nitrogens is 1. The fraction of sp³-hybridized carbons (Fsp3) is 0.100. The average molecular weight is 335 g/mol. The molecule has 5 heteroatoms. The van der Waals surface area contributed by atoms with Gasteiger partial charge in [0.1, 0.15) is 0 Å². The van der Waals surface area contributed by atoms with Crippen LogP contribution in [0, 0.1) is 0 Å². The molecule has 0 saturated heterocycles. The van der Waals surface area contributed by atoms with Crippen molar-refractivity contribution in [3.8, 4) is 34.0 Å². The van der Waals surface area contributed by atoms with Crippen LogP contribution < -0.4 is 9.47 Å². The van der Waals surface area contributed by atoms with Gasteiger partial charge in [0.2, 0.25) is 0 Å². The molecule has 0 radical (unpaired) electrons. The minimum atomic E-state index is -1.03. The lowest BCUT2D eigenvalue weighted by Gasteiger charge is -2.12. The van der Waals surface area contributed by atoms with Crippen LogP contribution in [-0.2, 0) is 0 Å². The third kappa shape index (κ3) is 3.30. The summed E-state index contributed by atoms with van der Waals surface area (Å²) in [5.74, 6) is 0.0579. The van der Waals surface area contributed by atoms with Crippen molar-refractivity contribution in [3.05, 3.63) is 66.2 Å². The molecular formula is C20H17NO4. The van der Waals surface area contributed by atoms with E-state index in [2.05, 4.69) is 4.98 Å². The van der Waals surface area contributed by atoms with E-state index in [0.717, 1.165) is 5.56 Å². The first-order valence-corrected chi connectivity index (χ1v) is 7.66. The van der Waals surface area contributed by atoms with Crippen molar-refractivity contribution in [2.45, 2.75) is 0 Å². The molecule has 25 heavy (non-hydrogen) atoms. The molecule has 2 aromatic carbocycles. The fourth-order valence-corrected chi connectivity index (χ4v) is 2.60. The summed E-state index contributed by atoms with van der Waals surface area (Å²) in [5, 5.41) is 9.52. The molecule has 126 valence electrons. The second kappa shape index (κ2) is 7.05. The maximum atomic E-state index is 11.6. The van der Waals surface area contributed by atoms with Gasteiger partial charge in [-0.3, -0.25) is 0 Å². The molecular weight excluding hydrogens is 318 g/mol. The molecule has 0 aliphatic rings. The van der Waals surface area contributed by atoms with E-state index >= 15 is 0 Å². The summed E-state index contributed by atoms with van der Waals surface area (Å²) in [6, 6.07) is 18.1. The summed E-state index contributed by atoms with van der Waals surface area (Å²) in [5.41, 5.74) is 2.78. The SMILES string of the molecule is COc1ccc(-c2nc(-c3ccccc3)ccc2C(=O)O)cc1OC. The molecule has 1 aromatic heterocycles. The third-order valence-electron chi connectivity index (χ3n) is 3.85. The smallest absolute Gasteiger partial charge is 0.337 e. The van der Waals surface area contributed by atoms with Crippen molar-refractivity contribution < 1.29 is 19.4 Å². The Morgan fingerprint density at radius 1 is 0.880 bits per heavy atom. The van der Waals surface area contributed by atoms with Crippen molar-refractivity contribution in [2.75, 3.05) is 14.2 Å². The minimum Gasteiger partial charge on any atom is -0.493 e. The number of aromatic carboxylic acids is 1. The molecule has 0 aliphatic heterocycles. The predicted octanol–water partition coefficient (Wildman–Crippen LogP) is 4.13. The predicted molar refractivity (Wildman–Crippen MR) is 95.2 cm³/mol. The van der Waals surface area contributed by atoms with Crippen molar-refractivity contribution >= 4 is 5.97 Å². The van der Waals surface area contributed by atoms with Crippen LogP contribution in [0.5, 0.6) is 11.5 Å². The zero-order chi connectivity index (χ0) is 17.8. The quantitative estimate of drug-likeness (QED) is 0.759. The van der Waals surface area contributed by atoms with Gasteiger partial charge in [0.05, 0.1) is 31.2 Å². The van der Waals surface area contributed by atoms with Gasteiger partial charge in [-0.2, -0.15) is 0 Å². The molecule has 0 spiro atoms. The van der Waals surface area contributed by atoms with E-state index in [9.17, 15) is 9.90 Å². The Morgan fingerprint density at radius 3 is 2.24 bits per heavy atom. The van der Waals surface area contributed by atoms with Gasteiger partial charge in [0.25, 0.3) is 0 Å². The molecule has 3 aromatic rings. The van der Waals surface area contributed by atoms with E-state index in [1.165, 1.54) is 7.11 Å². The van der Waals surface area contributed by atoms with Gasteiger partial charge in [-0.15, -0.1) is 0 Å². The number of hydrogen-bond acceptors (Lipinski definition) is 4. The lowest BCUT2D eigenvalue weighted by atomic mass is 10.0. The highest BCUT2D eigenvalue weighted by Crippen LogP contribution is 2.34. The van der Waals surface area contributed by atoms with E-state index in [4.69, 9.17) is 9.47 Å². The highest BCUT2D eigenvalue weighted by atomic mass is 16.5. The molecule has 0 saturated carbocycles. The average Bonchev–Trinajstić information content (AvgIpc) is 2.67. The Bertz CT molecular complexity index is 907. The zero-order valence-electron chi connectivity index (χ0n) is 13.9. The second-order valence-electron chi connectivity index (χ2n) is 5.33. The van der Waals surface area contributed by atoms with Crippen LogP contribution in [0.3, 0.4) is 0 Å². The first-order chi connectivity index (χ1) is 12.1. The first kappa shape index (κ1) is 16.5. The van der Waals surface area contributed by atoms with Gasteiger partial charge in [0.15, 0.2) is 11.5 Å². The number of carbonyl (C=O) groups is 1. The van der Waals surface area contributed by atoms with E-state index in [1.54, 1.807) is 37.4 Å². The van der Waals surface area contributed by atoms with Crippen molar-refractivity contribution in [2.24, 2.45) is 0 Å². The Labute approximate surface area is 145 Å². The number of nitrogens with zero attached hydrogens (tertiary/aromatic N) is 1. The van der Waals surface area contributed by atoms with E-state index in [1.807, 2.05) is 30.3 Å². The molecule has 0 atom stereocenters. The molecule has 0 bridgehead atoms. The van der Waals surface area contributed by atoms with Crippen LogP contribution in [0.15, 0.2) is 60.7 Å². The minimum absolute atomic E-state index is 0.131. The monoisotopic (exact) mass is 335 g/mol. The van der Waals surface area contributed by atoms with Gasteiger partial charge in [0, 0.05) is 11.1 Å². The van der Waals surface area contributed by atoms with Gasteiger partial charge >= 0.3 is 5.97 Å². The van der Waals surface area contributed by atoms with E-state index in [-0.39, 0.29) is 5.56 Å². The molecule has 0 aliphatic carbocycles. The Kier molecular flexibility index (Phi) is 4.66. The van der Waals surface area contributed by atoms with Crippen LogP contribution >= 0.6 is 0 Å². The van der Waals surface area contributed by atoms with Crippen molar-refractivity contribution in [1.82, 2.24) is 4.98 Å². The highest BCUT2D eigenvalue weighted by molar-refractivity contribution is 5.95. The topological polar surface area (TPSA) is 68.7 Å². The number of hydrogen-bond donors (Lipinski definition) is 1. The Balaban J connectivity index is 2.18. The summed E-state index contributed by atoms with van der Waals surface area (Å²) in [7, 11) is 3.09. The number of carboxylic acid groups (broad SMARTS) is 1. The maximum Gasteiger partial charge on any atom is 0.337 e. The molecule has 1 N–H and O–H groups in total. The van der Waals surface area contributed by atoms with Crippen LogP contribution in [0.2, 0.25) is 0 Å². The first-order valence-electron chi connectivity index (χ1n) is 7.66. The molecule has 0 unspecified atom stereocenters. The van der Waals surface area contributed by atoms with E-state index in [0.29, 0.717) is 28.5 Å². The highest BCUT2D eigenvalue weighted by Gasteiger charge is 2.16. The normalized spacial score (nSPS) is 10.3. The molecule has 3 rings (SSSR count). The van der Waals surface area contributed by atoms with E-state index < -0.39 is 5.97 Å². The van der Waals surface area contributed by atoms with Crippen molar-refractivity contribution in [3.63, 3.8) is 0 Å². The Hall–Kier alpha value is -3.34. The summed E-state index contributed by atoms with van der Waals surface area (Å²) >= 11 is 0.